The maximum Gasteiger partial charge on any atom is 0.0797 e. The molecule has 0 bridgehead atoms. The predicted molar refractivity (Wildman–Crippen MR) is 59.5 cm³/mol. The van der Waals surface area contributed by atoms with Gasteiger partial charge in [0.15, 0.2) is 0 Å². The average molecular weight is 185 g/mol. The van der Waals surface area contributed by atoms with Crippen LogP contribution in [0.3, 0.4) is 0 Å². The zero-order valence-electron chi connectivity index (χ0n) is 9.85. The molecule has 0 rings (SSSR count). The van der Waals surface area contributed by atoms with Crippen LogP contribution in [0.2, 0.25) is 0 Å². The van der Waals surface area contributed by atoms with Gasteiger partial charge in [-0.15, -0.1) is 0 Å². The summed E-state index contributed by atoms with van der Waals surface area (Å²) in [5.74, 6) is 0.545. The number of quaternary nitrogens is 1. The van der Waals surface area contributed by atoms with Crippen molar-refractivity contribution in [3.05, 3.63) is 12.3 Å². The second-order valence-electron chi connectivity index (χ2n) is 4.97. The van der Waals surface area contributed by atoms with Crippen LogP contribution in [0, 0.1) is 5.92 Å². The van der Waals surface area contributed by atoms with Gasteiger partial charge in [-0.05, 0) is 5.92 Å². The van der Waals surface area contributed by atoms with Gasteiger partial charge in [-0.3, -0.25) is 0 Å². The molecule has 78 valence electrons. The summed E-state index contributed by atoms with van der Waals surface area (Å²) in [5, 5.41) is 3.35. The van der Waals surface area contributed by atoms with Gasteiger partial charge in [0.25, 0.3) is 0 Å². The third-order valence-electron chi connectivity index (χ3n) is 2.05. The van der Waals surface area contributed by atoms with E-state index in [4.69, 9.17) is 0 Å². The van der Waals surface area contributed by atoms with Crippen LogP contribution in [0.5, 0.6) is 0 Å². The van der Waals surface area contributed by atoms with Gasteiger partial charge in [0, 0.05) is 18.7 Å². The Morgan fingerprint density at radius 1 is 1.31 bits per heavy atom. The van der Waals surface area contributed by atoms with Gasteiger partial charge in [-0.25, -0.2) is 0 Å². The van der Waals surface area contributed by atoms with Gasteiger partial charge in [-0.2, -0.15) is 0 Å². The quantitative estimate of drug-likeness (QED) is 0.492. The number of nitrogens with one attached hydrogen (secondary N) is 1. The third-order valence-corrected chi connectivity index (χ3v) is 2.05. The highest BCUT2D eigenvalue weighted by atomic mass is 15.3. The maximum atomic E-state index is 3.97. The van der Waals surface area contributed by atoms with Crippen LogP contribution >= 0.6 is 0 Å². The molecular weight excluding hydrogens is 160 g/mol. The van der Waals surface area contributed by atoms with Crippen molar-refractivity contribution in [3.63, 3.8) is 0 Å². The molecule has 0 aliphatic carbocycles. The molecule has 0 saturated heterocycles. The highest BCUT2D eigenvalue weighted by Gasteiger charge is 2.05. The van der Waals surface area contributed by atoms with Gasteiger partial charge < -0.3 is 9.80 Å². The SMILES string of the molecule is C=C(NCCC[N+](C)(C)C)C(C)C. The fraction of sp³-hybridized carbons (Fsp3) is 0.818. The van der Waals surface area contributed by atoms with Gasteiger partial charge >= 0.3 is 0 Å². The molecular formula is C11H25N2+. The highest BCUT2D eigenvalue weighted by Crippen LogP contribution is 2.02. The number of rotatable bonds is 6. The van der Waals surface area contributed by atoms with Crippen molar-refractivity contribution in [1.82, 2.24) is 5.32 Å². The first kappa shape index (κ1) is 12.5. The molecule has 13 heavy (non-hydrogen) atoms. The van der Waals surface area contributed by atoms with Gasteiger partial charge in [0.2, 0.25) is 0 Å². The van der Waals surface area contributed by atoms with Crippen LogP contribution in [-0.2, 0) is 0 Å². The summed E-state index contributed by atoms with van der Waals surface area (Å²) in [6.07, 6.45) is 1.20. The molecule has 0 spiro atoms. The molecule has 0 radical (unpaired) electrons. The summed E-state index contributed by atoms with van der Waals surface area (Å²) in [7, 11) is 6.66. The standard InChI is InChI=1S/C11H25N2/c1-10(2)11(3)12-8-7-9-13(4,5)6/h10,12H,3,7-9H2,1-2,4-6H3/q+1. The van der Waals surface area contributed by atoms with Gasteiger partial charge in [-0.1, -0.05) is 20.4 Å². The van der Waals surface area contributed by atoms with Crippen LogP contribution in [0.15, 0.2) is 12.3 Å². The van der Waals surface area contributed by atoms with E-state index in [0.29, 0.717) is 5.92 Å². The second kappa shape index (κ2) is 5.28. The van der Waals surface area contributed by atoms with E-state index in [-0.39, 0.29) is 0 Å². The van der Waals surface area contributed by atoms with Gasteiger partial charge in [0.05, 0.1) is 27.7 Å². The molecule has 0 aromatic heterocycles. The van der Waals surface area contributed by atoms with E-state index < -0.39 is 0 Å². The van der Waals surface area contributed by atoms with Crippen LogP contribution in [-0.4, -0.2) is 38.7 Å². The Hall–Kier alpha value is -0.500. The Labute approximate surface area is 83.2 Å². The minimum atomic E-state index is 0.545. The Kier molecular flexibility index (Phi) is 5.07. The van der Waals surface area contributed by atoms with Crippen molar-refractivity contribution in [2.45, 2.75) is 20.3 Å². The fourth-order valence-electron chi connectivity index (χ4n) is 1.01. The molecule has 0 amide bonds. The molecule has 2 heteroatoms. The lowest BCUT2D eigenvalue weighted by atomic mass is 10.1. The second-order valence-corrected chi connectivity index (χ2v) is 4.97. The first-order valence-electron chi connectivity index (χ1n) is 5.06. The Bertz CT molecular complexity index is 154. The Morgan fingerprint density at radius 2 is 1.85 bits per heavy atom. The van der Waals surface area contributed by atoms with Crippen molar-refractivity contribution >= 4 is 0 Å². The number of hydrogen-bond donors (Lipinski definition) is 1. The summed E-state index contributed by atoms with van der Waals surface area (Å²) in [6, 6.07) is 0. The molecule has 0 aromatic rings. The lowest BCUT2D eigenvalue weighted by molar-refractivity contribution is -0.870. The van der Waals surface area contributed by atoms with Crippen LogP contribution < -0.4 is 5.32 Å². The first-order valence-corrected chi connectivity index (χ1v) is 5.06. The monoisotopic (exact) mass is 185 g/mol. The normalized spacial score (nSPS) is 11.8. The Balaban J connectivity index is 3.42. The van der Waals surface area contributed by atoms with E-state index in [9.17, 15) is 0 Å². The van der Waals surface area contributed by atoms with Crippen LogP contribution in [0.25, 0.3) is 0 Å². The fourth-order valence-corrected chi connectivity index (χ4v) is 1.01. The molecule has 0 aliphatic rings. The molecule has 2 nitrogen and oxygen atoms in total. The molecule has 0 aromatic carbocycles. The minimum absolute atomic E-state index is 0.545. The molecule has 0 atom stereocenters. The molecule has 0 fully saturated rings. The van der Waals surface area contributed by atoms with Crippen molar-refractivity contribution < 1.29 is 4.48 Å². The average Bonchev–Trinajstić information content (AvgIpc) is 1.95. The van der Waals surface area contributed by atoms with Gasteiger partial charge in [0.1, 0.15) is 0 Å². The lowest BCUT2D eigenvalue weighted by Gasteiger charge is -2.24. The van der Waals surface area contributed by atoms with Crippen LogP contribution in [0.4, 0.5) is 0 Å². The lowest BCUT2D eigenvalue weighted by Crippen LogP contribution is -2.36. The van der Waals surface area contributed by atoms with Crippen molar-refractivity contribution in [2.24, 2.45) is 5.92 Å². The zero-order chi connectivity index (χ0) is 10.5. The summed E-state index contributed by atoms with van der Waals surface area (Å²) in [6.45, 7) is 10.6. The summed E-state index contributed by atoms with van der Waals surface area (Å²) >= 11 is 0. The molecule has 1 N–H and O–H groups in total. The van der Waals surface area contributed by atoms with E-state index in [1.54, 1.807) is 0 Å². The van der Waals surface area contributed by atoms with E-state index in [1.165, 1.54) is 13.0 Å². The molecule has 0 aliphatic heterocycles. The van der Waals surface area contributed by atoms with E-state index >= 15 is 0 Å². The molecule has 0 heterocycles. The first-order chi connectivity index (χ1) is 5.83. The smallest absolute Gasteiger partial charge is 0.0797 e. The van der Waals surface area contributed by atoms with E-state index in [1.807, 2.05) is 0 Å². The summed E-state index contributed by atoms with van der Waals surface area (Å²) < 4.78 is 1.04. The van der Waals surface area contributed by atoms with Crippen molar-refractivity contribution in [2.75, 3.05) is 34.2 Å². The van der Waals surface area contributed by atoms with Crippen LogP contribution in [0.1, 0.15) is 20.3 Å². The van der Waals surface area contributed by atoms with E-state index in [2.05, 4.69) is 46.9 Å². The number of nitrogens with zero attached hydrogens (tertiary/aromatic N) is 1. The molecule has 0 saturated carbocycles. The predicted octanol–water partition coefficient (Wildman–Crippen LogP) is 1.84. The van der Waals surface area contributed by atoms with Crippen molar-refractivity contribution in [3.8, 4) is 0 Å². The maximum absolute atomic E-state index is 3.97. The minimum Gasteiger partial charge on any atom is -0.388 e. The number of hydrogen-bond acceptors (Lipinski definition) is 1. The molecule has 0 unspecified atom stereocenters. The van der Waals surface area contributed by atoms with Crippen molar-refractivity contribution in [1.29, 1.82) is 0 Å². The third kappa shape index (κ3) is 7.85. The largest absolute Gasteiger partial charge is 0.388 e. The van der Waals surface area contributed by atoms with E-state index in [0.717, 1.165) is 16.7 Å². The topological polar surface area (TPSA) is 12.0 Å². The number of allylic oxidation sites excluding steroid dienone is 1. The summed E-state index contributed by atoms with van der Waals surface area (Å²) in [5.41, 5.74) is 1.15. The highest BCUT2D eigenvalue weighted by molar-refractivity contribution is 4.93. The zero-order valence-corrected chi connectivity index (χ0v) is 9.85. The Morgan fingerprint density at radius 3 is 2.23 bits per heavy atom. The summed E-state index contributed by atoms with van der Waals surface area (Å²) in [4.78, 5) is 0.